The van der Waals surface area contributed by atoms with Gasteiger partial charge in [0.05, 0.1) is 0 Å². The maximum atomic E-state index is 12.4. The van der Waals surface area contributed by atoms with E-state index in [1.807, 2.05) is 13.8 Å². The molecule has 1 aromatic rings. The fraction of sp³-hybridized carbons (Fsp3) is 0.500. The zero-order chi connectivity index (χ0) is 16.3. The summed E-state index contributed by atoms with van der Waals surface area (Å²) in [6.45, 7) is 7.92. The number of benzene rings is 1. The Balaban J connectivity index is 2.02. The van der Waals surface area contributed by atoms with E-state index in [0.29, 0.717) is 29.6 Å². The third-order valence-corrected chi connectivity index (χ3v) is 3.44. The summed E-state index contributed by atoms with van der Waals surface area (Å²) in [5, 5.41) is 5.53. The van der Waals surface area contributed by atoms with Crippen LogP contribution in [0.15, 0.2) is 18.2 Å². The number of hydrogen-bond donors (Lipinski definition) is 2. The van der Waals surface area contributed by atoms with Gasteiger partial charge in [-0.25, -0.2) is 0 Å². The van der Waals surface area contributed by atoms with Crippen LogP contribution in [0.5, 0.6) is 11.5 Å². The van der Waals surface area contributed by atoms with E-state index in [0.717, 1.165) is 0 Å². The minimum atomic E-state index is -1.16. The van der Waals surface area contributed by atoms with Crippen molar-refractivity contribution < 1.29 is 19.1 Å². The number of hydrogen-bond acceptors (Lipinski definition) is 4. The van der Waals surface area contributed by atoms with Crippen LogP contribution < -0.4 is 20.1 Å². The van der Waals surface area contributed by atoms with Crippen molar-refractivity contribution in [2.24, 2.45) is 11.3 Å². The predicted octanol–water partition coefficient (Wildman–Crippen LogP) is 2.15. The smallest absolute Gasteiger partial charge is 0.239 e. The van der Waals surface area contributed by atoms with Crippen LogP contribution in [0.25, 0.3) is 0 Å². The standard InChI is InChI=1S/C16H22N2O4/c1-10(2)8-17-14(19)16(3,4)15(20)18-11-5-6-12-13(7-11)22-9-21-12/h5-7,10H,8-9H2,1-4H3,(H,17,19)(H,18,20). The molecule has 0 aliphatic carbocycles. The Hall–Kier alpha value is -2.24. The Morgan fingerprint density at radius 1 is 1.18 bits per heavy atom. The number of carbonyl (C=O) groups excluding carboxylic acids is 2. The SMILES string of the molecule is CC(C)CNC(=O)C(C)(C)C(=O)Nc1ccc2c(c1)OCO2. The highest BCUT2D eigenvalue weighted by Crippen LogP contribution is 2.34. The van der Waals surface area contributed by atoms with E-state index in [1.165, 1.54) is 0 Å². The van der Waals surface area contributed by atoms with E-state index < -0.39 is 5.41 Å². The summed E-state index contributed by atoms with van der Waals surface area (Å²) in [4.78, 5) is 24.5. The van der Waals surface area contributed by atoms with Crippen LogP contribution in [0, 0.1) is 11.3 Å². The molecule has 6 nitrogen and oxygen atoms in total. The summed E-state index contributed by atoms with van der Waals surface area (Å²) < 4.78 is 10.5. The minimum absolute atomic E-state index is 0.176. The number of rotatable bonds is 5. The van der Waals surface area contributed by atoms with Crippen molar-refractivity contribution in [3.63, 3.8) is 0 Å². The number of nitrogens with one attached hydrogen (secondary N) is 2. The summed E-state index contributed by atoms with van der Waals surface area (Å²) in [7, 11) is 0. The Kier molecular flexibility index (Phi) is 4.59. The van der Waals surface area contributed by atoms with Gasteiger partial charge in [0.2, 0.25) is 18.6 Å². The van der Waals surface area contributed by atoms with Gasteiger partial charge in [-0.1, -0.05) is 13.8 Å². The van der Waals surface area contributed by atoms with Gasteiger partial charge >= 0.3 is 0 Å². The van der Waals surface area contributed by atoms with Gasteiger partial charge in [0.1, 0.15) is 5.41 Å². The molecule has 0 saturated carbocycles. The van der Waals surface area contributed by atoms with Gasteiger partial charge in [0.25, 0.3) is 0 Å². The molecule has 22 heavy (non-hydrogen) atoms. The second-order valence-corrected chi connectivity index (χ2v) is 6.25. The van der Waals surface area contributed by atoms with E-state index >= 15 is 0 Å². The lowest BCUT2D eigenvalue weighted by atomic mass is 9.90. The first kappa shape index (κ1) is 16.1. The van der Waals surface area contributed by atoms with Crippen molar-refractivity contribution >= 4 is 17.5 Å². The lowest BCUT2D eigenvalue weighted by molar-refractivity contribution is -0.138. The van der Waals surface area contributed by atoms with Crippen LogP contribution in [0.1, 0.15) is 27.7 Å². The van der Waals surface area contributed by atoms with Gasteiger partial charge in [-0.2, -0.15) is 0 Å². The summed E-state index contributed by atoms with van der Waals surface area (Å²) >= 11 is 0. The zero-order valence-electron chi connectivity index (χ0n) is 13.4. The topological polar surface area (TPSA) is 76.7 Å². The molecule has 1 aromatic carbocycles. The van der Waals surface area contributed by atoms with Crippen molar-refractivity contribution in [1.29, 1.82) is 0 Å². The summed E-state index contributed by atoms with van der Waals surface area (Å²) in [5.74, 6) is 0.899. The third kappa shape index (κ3) is 3.50. The molecule has 6 heteroatoms. The Morgan fingerprint density at radius 2 is 1.86 bits per heavy atom. The summed E-state index contributed by atoms with van der Waals surface area (Å²) in [5.41, 5.74) is -0.593. The average Bonchev–Trinajstić information content (AvgIpc) is 2.91. The second-order valence-electron chi connectivity index (χ2n) is 6.25. The minimum Gasteiger partial charge on any atom is -0.454 e. The van der Waals surface area contributed by atoms with Crippen molar-refractivity contribution in [2.45, 2.75) is 27.7 Å². The van der Waals surface area contributed by atoms with Gasteiger partial charge in [0.15, 0.2) is 11.5 Å². The van der Waals surface area contributed by atoms with Crippen LogP contribution >= 0.6 is 0 Å². The van der Waals surface area contributed by atoms with Gasteiger partial charge in [-0.3, -0.25) is 9.59 Å². The fourth-order valence-electron chi connectivity index (χ4n) is 1.88. The summed E-state index contributed by atoms with van der Waals surface area (Å²) in [6.07, 6.45) is 0. The van der Waals surface area contributed by atoms with E-state index in [9.17, 15) is 9.59 Å². The monoisotopic (exact) mass is 306 g/mol. The first-order chi connectivity index (χ1) is 10.3. The quantitative estimate of drug-likeness (QED) is 0.817. The third-order valence-electron chi connectivity index (χ3n) is 3.44. The Bertz CT molecular complexity index is 582. The zero-order valence-corrected chi connectivity index (χ0v) is 13.4. The van der Waals surface area contributed by atoms with E-state index in [1.54, 1.807) is 32.0 Å². The van der Waals surface area contributed by atoms with Crippen molar-refractivity contribution in [1.82, 2.24) is 5.32 Å². The van der Waals surface area contributed by atoms with Crippen LogP contribution in [0.4, 0.5) is 5.69 Å². The van der Waals surface area contributed by atoms with Gasteiger partial charge in [-0.05, 0) is 31.9 Å². The lowest BCUT2D eigenvalue weighted by Gasteiger charge is -2.23. The highest BCUT2D eigenvalue weighted by atomic mass is 16.7. The first-order valence-corrected chi connectivity index (χ1v) is 7.30. The van der Waals surface area contributed by atoms with Crippen molar-refractivity contribution in [3.05, 3.63) is 18.2 Å². The molecule has 1 heterocycles. The number of fused-ring (bicyclic) bond motifs is 1. The molecular weight excluding hydrogens is 284 g/mol. The lowest BCUT2D eigenvalue weighted by Crippen LogP contribution is -2.46. The molecular formula is C16H22N2O4. The van der Waals surface area contributed by atoms with E-state index in [4.69, 9.17) is 9.47 Å². The highest BCUT2D eigenvalue weighted by molar-refractivity contribution is 6.09. The number of amides is 2. The summed E-state index contributed by atoms with van der Waals surface area (Å²) in [6, 6.07) is 5.12. The molecule has 0 aromatic heterocycles. The number of carbonyl (C=O) groups is 2. The van der Waals surface area contributed by atoms with Crippen LogP contribution in [-0.2, 0) is 9.59 Å². The van der Waals surface area contributed by atoms with Crippen LogP contribution in [-0.4, -0.2) is 25.2 Å². The molecule has 0 saturated heterocycles. The maximum absolute atomic E-state index is 12.4. The average molecular weight is 306 g/mol. The van der Waals surface area contributed by atoms with E-state index in [2.05, 4.69) is 10.6 Å². The highest BCUT2D eigenvalue weighted by Gasteiger charge is 2.36. The normalized spacial score (nSPS) is 13.1. The number of ether oxygens (including phenoxy) is 2. The Morgan fingerprint density at radius 3 is 2.55 bits per heavy atom. The molecule has 2 rings (SSSR count). The molecule has 0 bridgehead atoms. The van der Waals surface area contributed by atoms with Crippen LogP contribution in [0.3, 0.4) is 0 Å². The molecule has 0 unspecified atom stereocenters. The number of anilines is 1. The molecule has 2 N–H and O–H groups in total. The molecule has 1 aliphatic heterocycles. The molecule has 1 aliphatic rings. The second kappa shape index (κ2) is 6.25. The molecule has 0 spiro atoms. The Labute approximate surface area is 130 Å². The first-order valence-electron chi connectivity index (χ1n) is 7.30. The molecule has 0 radical (unpaired) electrons. The maximum Gasteiger partial charge on any atom is 0.239 e. The van der Waals surface area contributed by atoms with E-state index in [-0.39, 0.29) is 18.6 Å². The largest absolute Gasteiger partial charge is 0.454 e. The molecule has 0 fully saturated rings. The van der Waals surface area contributed by atoms with Crippen LogP contribution in [0.2, 0.25) is 0 Å². The fourth-order valence-corrected chi connectivity index (χ4v) is 1.88. The van der Waals surface area contributed by atoms with Gasteiger partial charge in [0, 0.05) is 18.3 Å². The molecule has 0 atom stereocenters. The predicted molar refractivity (Wildman–Crippen MR) is 82.8 cm³/mol. The molecule has 2 amide bonds. The molecule has 120 valence electrons. The van der Waals surface area contributed by atoms with Crippen molar-refractivity contribution in [2.75, 3.05) is 18.7 Å². The van der Waals surface area contributed by atoms with Gasteiger partial charge < -0.3 is 20.1 Å². The van der Waals surface area contributed by atoms with Gasteiger partial charge in [-0.15, -0.1) is 0 Å². The van der Waals surface area contributed by atoms with Crippen molar-refractivity contribution in [3.8, 4) is 11.5 Å².